The van der Waals surface area contributed by atoms with Crippen LogP contribution in [0, 0.1) is 0 Å². The van der Waals surface area contributed by atoms with E-state index in [2.05, 4.69) is 15.3 Å². The van der Waals surface area contributed by atoms with Gasteiger partial charge in [-0.1, -0.05) is 48.2 Å². The molecule has 0 fully saturated rings. The summed E-state index contributed by atoms with van der Waals surface area (Å²) in [6.45, 7) is 0.180. The summed E-state index contributed by atoms with van der Waals surface area (Å²) in [5, 5.41) is 14.6. The Kier molecular flexibility index (Phi) is 10.3. The van der Waals surface area contributed by atoms with Gasteiger partial charge in [-0.15, -0.1) is 15.3 Å². The third-order valence-corrected chi connectivity index (χ3v) is 6.34. The maximum Gasteiger partial charge on any atom is 0.264 e. The van der Waals surface area contributed by atoms with Crippen LogP contribution < -0.4 is 5.01 Å². The van der Waals surface area contributed by atoms with Crippen LogP contribution in [0.2, 0.25) is 0 Å². The summed E-state index contributed by atoms with van der Waals surface area (Å²) in [6, 6.07) is 17.9. The molecule has 0 spiro atoms. The summed E-state index contributed by atoms with van der Waals surface area (Å²) in [7, 11) is -8.18. The van der Waals surface area contributed by atoms with E-state index in [0.29, 0.717) is 17.1 Å². The number of hydrazone groups is 1. The third-order valence-electron chi connectivity index (χ3n) is 3.82. The van der Waals surface area contributed by atoms with Gasteiger partial charge in [0.15, 0.2) is 0 Å². The first-order valence-electron chi connectivity index (χ1n) is 9.53. The minimum Gasteiger partial charge on any atom is -0.286 e. The van der Waals surface area contributed by atoms with Crippen molar-refractivity contribution >= 4 is 48.5 Å². The molecule has 32 heavy (non-hydrogen) atoms. The zero-order valence-electron chi connectivity index (χ0n) is 17.1. The quantitative estimate of drug-likeness (QED) is 0.118. The maximum atomic E-state index is 11.1. The molecule has 0 saturated carbocycles. The molecular weight excluding hydrogens is 476 g/mol. The van der Waals surface area contributed by atoms with Crippen LogP contribution in [0.1, 0.15) is 12.8 Å². The molecule has 0 saturated heterocycles. The lowest BCUT2D eigenvalue weighted by Crippen LogP contribution is -2.21. The Labute approximate surface area is 191 Å². The topological polar surface area (TPSA) is 149 Å². The number of thioether (sulfide) groups is 1. The molecule has 0 aliphatic rings. The number of nitrogens with zero attached hydrogens (tertiary/aromatic N) is 4. The van der Waals surface area contributed by atoms with Gasteiger partial charge in [0.1, 0.15) is 0 Å². The van der Waals surface area contributed by atoms with Crippen LogP contribution in [-0.4, -0.2) is 54.9 Å². The highest BCUT2D eigenvalue weighted by molar-refractivity contribution is 8.13. The molecule has 0 aliphatic carbocycles. The molecule has 2 rings (SSSR count). The predicted molar refractivity (Wildman–Crippen MR) is 127 cm³/mol. The lowest BCUT2D eigenvalue weighted by atomic mass is 10.3. The summed E-state index contributed by atoms with van der Waals surface area (Å²) in [5.74, 6) is -0.506. The molecule has 2 N–H and O–H groups in total. The second-order valence-electron chi connectivity index (χ2n) is 6.50. The lowest BCUT2D eigenvalue weighted by Gasteiger charge is -2.19. The average Bonchev–Trinajstić information content (AvgIpc) is 2.73. The van der Waals surface area contributed by atoms with Crippen molar-refractivity contribution in [3.63, 3.8) is 0 Å². The second kappa shape index (κ2) is 12.6. The predicted octanol–water partition coefficient (Wildman–Crippen LogP) is 3.84. The van der Waals surface area contributed by atoms with Crippen molar-refractivity contribution in [2.45, 2.75) is 12.8 Å². The zero-order chi connectivity index (χ0) is 23.5. The maximum absolute atomic E-state index is 11.1. The highest BCUT2D eigenvalue weighted by atomic mass is 32.2. The standard InChI is InChI=1S/C19H24N4O6S3/c24-31(25,26)15-7-13-23(18-11-5-2-6-12-18)22-19(30-14-8-16-32(27,28)29)21-20-17-9-3-1-4-10-17/h1-6,9-12H,7-8,13-16H2,(H,24,25,26)(H,27,28,29)/b21-20?,22-19-. The van der Waals surface area contributed by atoms with E-state index >= 15 is 0 Å². The summed E-state index contributed by atoms with van der Waals surface area (Å²) in [5.41, 5.74) is 1.27. The van der Waals surface area contributed by atoms with Gasteiger partial charge in [-0.25, -0.2) is 0 Å². The molecule has 0 unspecified atom stereocenters. The van der Waals surface area contributed by atoms with Gasteiger partial charge in [0, 0.05) is 12.3 Å². The summed E-state index contributed by atoms with van der Waals surface area (Å²) >= 11 is 1.15. The van der Waals surface area contributed by atoms with E-state index in [1.807, 2.05) is 12.1 Å². The van der Waals surface area contributed by atoms with Crippen LogP contribution in [-0.2, 0) is 20.2 Å². The van der Waals surface area contributed by atoms with Crippen LogP contribution in [0.4, 0.5) is 11.4 Å². The van der Waals surface area contributed by atoms with Crippen molar-refractivity contribution in [1.82, 2.24) is 0 Å². The fourth-order valence-corrected chi connectivity index (χ4v) is 4.33. The molecule has 0 atom stereocenters. The van der Waals surface area contributed by atoms with Crippen LogP contribution in [0.15, 0.2) is 76.0 Å². The first-order chi connectivity index (χ1) is 15.1. The van der Waals surface area contributed by atoms with Gasteiger partial charge < -0.3 is 0 Å². The Morgan fingerprint density at radius 3 is 2.00 bits per heavy atom. The minimum atomic E-state index is -4.11. The summed E-state index contributed by atoms with van der Waals surface area (Å²) < 4.78 is 62.0. The fraction of sp³-hybridized carbons (Fsp3) is 0.316. The first-order valence-corrected chi connectivity index (χ1v) is 13.7. The highest BCUT2D eigenvalue weighted by Gasteiger charge is 2.12. The lowest BCUT2D eigenvalue weighted by molar-refractivity contribution is 0.479. The number of benzene rings is 2. The van der Waals surface area contributed by atoms with Gasteiger partial charge in [-0.3, -0.25) is 14.1 Å². The molecule has 0 amide bonds. The van der Waals surface area contributed by atoms with Crippen molar-refractivity contribution in [2.75, 3.05) is 28.8 Å². The molecule has 0 aromatic heterocycles. The van der Waals surface area contributed by atoms with Crippen molar-refractivity contribution in [3.05, 3.63) is 60.7 Å². The number of para-hydroxylation sites is 1. The van der Waals surface area contributed by atoms with Gasteiger partial charge in [-0.2, -0.15) is 16.8 Å². The molecule has 0 radical (unpaired) electrons. The molecule has 2 aromatic rings. The van der Waals surface area contributed by atoms with E-state index < -0.39 is 26.0 Å². The van der Waals surface area contributed by atoms with E-state index in [1.54, 1.807) is 53.5 Å². The number of rotatable bonds is 11. The van der Waals surface area contributed by atoms with E-state index in [9.17, 15) is 16.8 Å². The fourth-order valence-electron chi connectivity index (χ4n) is 2.41. The second-order valence-corrected chi connectivity index (χ2v) is 10.7. The number of azo groups is 1. The Morgan fingerprint density at radius 2 is 1.41 bits per heavy atom. The number of anilines is 1. The molecule has 2 aromatic carbocycles. The van der Waals surface area contributed by atoms with Crippen molar-refractivity contribution in [2.24, 2.45) is 15.3 Å². The third kappa shape index (κ3) is 11.3. The van der Waals surface area contributed by atoms with Gasteiger partial charge in [0.05, 0.1) is 22.9 Å². The summed E-state index contributed by atoms with van der Waals surface area (Å²) in [6.07, 6.45) is 0.297. The van der Waals surface area contributed by atoms with E-state index in [-0.39, 0.29) is 30.3 Å². The molecular formula is C19H24N4O6S3. The normalized spacial score (nSPS) is 12.9. The zero-order valence-corrected chi connectivity index (χ0v) is 19.5. The molecule has 13 heteroatoms. The monoisotopic (exact) mass is 500 g/mol. The molecule has 0 heterocycles. The highest BCUT2D eigenvalue weighted by Crippen LogP contribution is 2.19. The van der Waals surface area contributed by atoms with Crippen molar-refractivity contribution in [3.8, 4) is 0 Å². The largest absolute Gasteiger partial charge is 0.286 e. The smallest absolute Gasteiger partial charge is 0.264 e. The number of amidine groups is 1. The van der Waals surface area contributed by atoms with Crippen LogP contribution in [0.25, 0.3) is 0 Å². The van der Waals surface area contributed by atoms with E-state index in [1.165, 1.54) is 0 Å². The molecule has 0 aliphatic heterocycles. The van der Waals surface area contributed by atoms with E-state index in [0.717, 1.165) is 11.8 Å². The Morgan fingerprint density at radius 1 is 0.844 bits per heavy atom. The number of hydrogen-bond acceptors (Lipinski definition) is 8. The van der Waals surface area contributed by atoms with Crippen LogP contribution >= 0.6 is 11.8 Å². The Bertz CT molecular complexity index is 1110. The van der Waals surface area contributed by atoms with Crippen molar-refractivity contribution < 1.29 is 25.9 Å². The molecule has 0 bridgehead atoms. The van der Waals surface area contributed by atoms with Gasteiger partial charge in [-0.05, 0) is 37.1 Å². The van der Waals surface area contributed by atoms with Crippen molar-refractivity contribution in [1.29, 1.82) is 0 Å². The molecule has 10 nitrogen and oxygen atoms in total. The Balaban J connectivity index is 2.24. The van der Waals surface area contributed by atoms with Crippen LogP contribution in [0.5, 0.6) is 0 Å². The SMILES string of the molecule is O=S(=O)(O)CCCS/C(N=Nc1ccccc1)=N\N(CCCS(=O)(=O)O)c1ccccc1. The average molecular weight is 501 g/mol. The van der Waals surface area contributed by atoms with Gasteiger partial charge >= 0.3 is 0 Å². The minimum absolute atomic E-state index is 0.119. The Hall–Kier alpha value is -2.32. The summed E-state index contributed by atoms with van der Waals surface area (Å²) in [4.78, 5) is 0. The first kappa shape index (κ1) is 25.9. The van der Waals surface area contributed by atoms with Gasteiger partial charge in [0.25, 0.3) is 20.2 Å². The number of hydrogen-bond donors (Lipinski definition) is 2. The van der Waals surface area contributed by atoms with Gasteiger partial charge in [0.2, 0.25) is 5.17 Å². The molecule has 174 valence electrons. The van der Waals surface area contributed by atoms with Crippen LogP contribution in [0.3, 0.4) is 0 Å². The van der Waals surface area contributed by atoms with E-state index in [4.69, 9.17) is 9.11 Å².